The van der Waals surface area contributed by atoms with Gasteiger partial charge in [-0.25, -0.2) is 17.1 Å². The maximum Gasteiger partial charge on any atom is 0.268 e. The van der Waals surface area contributed by atoms with E-state index < -0.39 is 34.6 Å². The summed E-state index contributed by atoms with van der Waals surface area (Å²) in [5.74, 6) is -1.90. The molecule has 0 aliphatic carbocycles. The maximum absolute atomic E-state index is 12.5. The van der Waals surface area contributed by atoms with Gasteiger partial charge in [0.2, 0.25) is 15.9 Å². The number of anilines is 1. The van der Waals surface area contributed by atoms with Crippen molar-refractivity contribution in [3.05, 3.63) is 30.3 Å². The van der Waals surface area contributed by atoms with Gasteiger partial charge in [-0.05, 0) is 19.1 Å². The molecule has 1 aromatic carbocycles. The average molecular weight is 316 g/mol. The van der Waals surface area contributed by atoms with Crippen LogP contribution in [0.5, 0.6) is 0 Å². The molecule has 6 nitrogen and oxygen atoms in total. The molecule has 2 amide bonds. The van der Waals surface area contributed by atoms with Crippen LogP contribution in [0, 0.1) is 0 Å². The Balaban J connectivity index is 3.07. The van der Waals surface area contributed by atoms with E-state index in [1.807, 2.05) is 0 Å². The Labute approximate surface area is 123 Å². The number of sulfonamides is 1. The SMILES string of the molecule is C[C@@H](C(=O)N(C)c1ccccc1)N(C(=O)CF)S(C)(=O)=O. The zero-order valence-corrected chi connectivity index (χ0v) is 12.8. The molecule has 0 saturated heterocycles. The number of benzene rings is 1. The van der Waals surface area contributed by atoms with Crippen LogP contribution in [0.25, 0.3) is 0 Å². The highest BCUT2D eigenvalue weighted by atomic mass is 32.2. The first-order chi connectivity index (χ1) is 9.70. The summed E-state index contributed by atoms with van der Waals surface area (Å²) in [4.78, 5) is 25.0. The van der Waals surface area contributed by atoms with Gasteiger partial charge in [0.1, 0.15) is 6.04 Å². The minimum atomic E-state index is -4.04. The van der Waals surface area contributed by atoms with Gasteiger partial charge in [-0.2, -0.15) is 0 Å². The predicted octanol–water partition coefficient (Wildman–Crippen LogP) is 0.796. The second-order valence-electron chi connectivity index (χ2n) is 4.49. The Hall–Kier alpha value is -1.96. The van der Waals surface area contributed by atoms with Crippen LogP contribution in [0.15, 0.2) is 30.3 Å². The Morgan fingerprint density at radius 2 is 1.76 bits per heavy atom. The molecule has 1 rings (SSSR count). The van der Waals surface area contributed by atoms with Gasteiger partial charge in [0.25, 0.3) is 5.91 Å². The number of rotatable bonds is 5. The molecule has 0 spiro atoms. The number of nitrogens with zero attached hydrogens (tertiary/aromatic N) is 2. The second-order valence-corrected chi connectivity index (χ2v) is 6.35. The molecule has 1 atom stereocenters. The zero-order valence-electron chi connectivity index (χ0n) is 12.0. The fourth-order valence-corrected chi connectivity index (χ4v) is 2.99. The number of halogens is 1. The molecule has 0 radical (unpaired) electrons. The summed E-state index contributed by atoms with van der Waals surface area (Å²) in [7, 11) is -2.59. The number of amides is 2. The van der Waals surface area contributed by atoms with Crippen LogP contribution in [-0.2, 0) is 19.6 Å². The molecule has 8 heteroatoms. The van der Waals surface area contributed by atoms with Crippen molar-refractivity contribution in [2.24, 2.45) is 0 Å². The van der Waals surface area contributed by atoms with E-state index >= 15 is 0 Å². The van der Waals surface area contributed by atoms with Gasteiger partial charge in [0, 0.05) is 12.7 Å². The van der Waals surface area contributed by atoms with Crippen molar-refractivity contribution in [1.29, 1.82) is 0 Å². The summed E-state index contributed by atoms with van der Waals surface area (Å²) in [6, 6.07) is 7.18. The zero-order chi connectivity index (χ0) is 16.2. The van der Waals surface area contributed by atoms with Crippen LogP contribution < -0.4 is 4.90 Å². The van der Waals surface area contributed by atoms with E-state index in [4.69, 9.17) is 0 Å². The molecule has 0 fully saturated rings. The van der Waals surface area contributed by atoms with E-state index in [1.165, 1.54) is 18.9 Å². The lowest BCUT2D eigenvalue weighted by molar-refractivity contribution is -0.133. The van der Waals surface area contributed by atoms with Crippen molar-refractivity contribution >= 4 is 27.5 Å². The van der Waals surface area contributed by atoms with Gasteiger partial charge >= 0.3 is 0 Å². The molecular weight excluding hydrogens is 299 g/mol. The predicted molar refractivity (Wildman–Crippen MR) is 77.0 cm³/mol. The van der Waals surface area contributed by atoms with Crippen molar-refractivity contribution in [2.75, 3.05) is 24.9 Å². The highest BCUT2D eigenvalue weighted by Crippen LogP contribution is 2.16. The Bertz CT molecular complexity index is 618. The Morgan fingerprint density at radius 1 is 1.24 bits per heavy atom. The first-order valence-electron chi connectivity index (χ1n) is 6.11. The van der Waals surface area contributed by atoms with Gasteiger partial charge in [-0.3, -0.25) is 9.59 Å². The average Bonchev–Trinajstić information content (AvgIpc) is 2.44. The number of hydrogen-bond acceptors (Lipinski definition) is 4. The van der Waals surface area contributed by atoms with E-state index in [2.05, 4.69) is 0 Å². The quantitative estimate of drug-likeness (QED) is 0.805. The molecule has 0 aromatic heterocycles. The van der Waals surface area contributed by atoms with E-state index in [-0.39, 0.29) is 4.31 Å². The number of para-hydroxylation sites is 1. The molecule has 0 heterocycles. The van der Waals surface area contributed by atoms with Crippen molar-refractivity contribution < 1.29 is 22.4 Å². The molecule has 1 aromatic rings. The molecular formula is C13H17FN2O4S. The standard InChI is InChI=1S/C13H17FN2O4S/c1-10(16(12(17)9-14)21(3,19)20)13(18)15(2)11-7-5-4-6-8-11/h4-8,10H,9H2,1-3H3/t10-/m0/s1. The molecule has 116 valence electrons. The number of likely N-dealkylation sites (N-methyl/N-ethyl adjacent to an activating group) is 1. The smallest absolute Gasteiger partial charge is 0.268 e. The number of carbonyl (C=O) groups excluding carboxylic acids is 2. The molecule has 21 heavy (non-hydrogen) atoms. The van der Waals surface area contributed by atoms with Crippen molar-refractivity contribution in [2.45, 2.75) is 13.0 Å². The molecule has 0 bridgehead atoms. The first kappa shape index (κ1) is 17.1. The molecule has 0 saturated carbocycles. The highest BCUT2D eigenvalue weighted by molar-refractivity contribution is 7.88. The summed E-state index contributed by atoms with van der Waals surface area (Å²) in [5.41, 5.74) is 0.537. The molecule has 0 unspecified atom stereocenters. The monoisotopic (exact) mass is 316 g/mol. The highest BCUT2D eigenvalue weighted by Gasteiger charge is 2.34. The topological polar surface area (TPSA) is 74.8 Å². The molecule has 0 aliphatic rings. The summed E-state index contributed by atoms with van der Waals surface area (Å²) >= 11 is 0. The lowest BCUT2D eigenvalue weighted by Crippen LogP contribution is -2.51. The normalized spacial score (nSPS) is 12.6. The van der Waals surface area contributed by atoms with E-state index in [1.54, 1.807) is 30.3 Å². The minimum absolute atomic E-state index is 0.273. The van der Waals surface area contributed by atoms with Crippen molar-refractivity contribution in [3.63, 3.8) is 0 Å². The van der Waals surface area contributed by atoms with Crippen molar-refractivity contribution in [3.8, 4) is 0 Å². The van der Waals surface area contributed by atoms with Crippen LogP contribution in [0.1, 0.15) is 6.92 Å². The maximum atomic E-state index is 12.5. The molecule has 0 aliphatic heterocycles. The molecule has 0 N–H and O–H groups in total. The van der Waals surface area contributed by atoms with Crippen LogP contribution in [0.4, 0.5) is 10.1 Å². The van der Waals surface area contributed by atoms with Crippen LogP contribution in [0.3, 0.4) is 0 Å². The third-order valence-corrected chi connectivity index (χ3v) is 4.14. The third-order valence-electron chi connectivity index (χ3n) is 2.90. The van der Waals surface area contributed by atoms with Gasteiger partial charge in [0.05, 0.1) is 6.26 Å². The lowest BCUT2D eigenvalue weighted by atomic mass is 10.2. The first-order valence-corrected chi connectivity index (χ1v) is 7.95. The minimum Gasteiger partial charge on any atom is -0.314 e. The van der Waals surface area contributed by atoms with Gasteiger partial charge in [-0.15, -0.1) is 0 Å². The van der Waals surface area contributed by atoms with Crippen molar-refractivity contribution in [1.82, 2.24) is 4.31 Å². The lowest BCUT2D eigenvalue weighted by Gasteiger charge is -2.28. The number of alkyl halides is 1. The Morgan fingerprint density at radius 3 is 2.19 bits per heavy atom. The summed E-state index contributed by atoms with van der Waals surface area (Å²) in [6.45, 7) is -0.240. The Kier molecular flexibility index (Phi) is 5.42. The summed E-state index contributed by atoms with van der Waals surface area (Å²) < 4.78 is 36.0. The van der Waals surface area contributed by atoms with E-state index in [9.17, 15) is 22.4 Å². The summed E-state index contributed by atoms with van der Waals surface area (Å²) in [5, 5.41) is 0. The third kappa shape index (κ3) is 4.01. The number of hydrogen-bond donors (Lipinski definition) is 0. The fourth-order valence-electron chi connectivity index (χ4n) is 1.91. The van der Waals surface area contributed by atoms with Gasteiger partial charge < -0.3 is 4.90 Å². The fraction of sp³-hybridized carbons (Fsp3) is 0.385. The largest absolute Gasteiger partial charge is 0.314 e. The van der Waals surface area contributed by atoms with Gasteiger partial charge in [0.15, 0.2) is 6.67 Å². The van der Waals surface area contributed by atoms with E-state index in [0.717, 1.165) is 6.26 Å². The van der Waals surface area contributed by atoms with Crippen LogP contribution in [0.2, 0.25) is 0 Å². The van der Waals surface area contributed by atoms with Crippen LogP contribution in [-0.4, -0.2) is 50.6 Å². The van der Waals surface area contributed by atoms with E-state index in [0.29, 0.717) is 5.69 Å². The van der Waals surface area contributed by atoms with Gasteiger partial charge in [-0.1, -0.05) is 18.2 Å². The second kappa shape index (κ2) is 6.66. The van der Waals surface area contributed by atoms with Crippen LogP contribution >= 0.6 is 0 Å². The number of carbonyl (C=O) groups is 2. The summed E-state index contributed by atoms with van der Waals surface area (Å²) in [6.07, 6.45) is 0.757.